The van der Waals surface area contributed by atoms with Crippen molar-refractivity contribution in [2.45, 2.75) is 88.1 Å². The van der Waals surface area contributed by atoms with Gasteiger partial charge in [-0.25, -0.2) is 9.18 Å². The Hall–Kier alpha value is -6.32. The molecule has 6 aliphatic heterocycles. The van der Waals surface area contributed by atoms with Gasteiger partial charge in [0, 0.05) is 131 Å². The molecule has 5 saturated heterocycles. The summed E-state index contributed by atoms with van der Waals surface area (Å²) in [4.78, 5) is 51.2. The van der Waals surface area contributed by atoms with Crippen LogP contribution in [-0.4, -0.2) is 126 Å². The first-order chi connectivity index (χ1) is 30.6. The summed E-state index contributed by atoms with van der Waals surface area (Å²) in [6.07, 6.45) is 6.57. The number of urea groups is 1. The van der Waals surface area contributed by atoms with Crippen LogP contribution in [0.3, 0.4) is 0 Å². The second-order valence-electron chi connectivity index (χ2n) is 18.0. The molecule has 6 aliphatic rings. The Morgan fingerprint density at radius 2 is 1.57 bits per heavy atom. The van der Waals surface area contributed by atoms with E-state index in [-0.39, 0.29) is 59.7 Å². The topological polar surface area (TPSA) is 164 Å². The van der Waals surface area contributed by atoms with E-state index in [1.807, 2.05) is 35.0 Å². The number of rotatable bonds is 8. The fourth-order valence-corrected chi connectivity index (χ4v) is 11.0. The number of carbonyl (C=O) groups excluding carboxylic acids is 3. The summed E-state index contributed by atoms with van der Waals surface area (Å²) in [6.45, 7) is 4.92. The lowest BCUT2D eigenvalue weighted by Crippen LogP contribution is -2.54. The van der Waals surface area contributed by atoms with Crippen LogP contribution in [0.25, 0.3) is 11.3 Å². The van der Waals surface area contributed by atoms with E-state index in [4.69, 9.17) is 10.5 Å². The van der Waals surface area contributed by atoms with Gasteiger partial charge in [0.15, 0.2) is 5.82 Å². The molecule has 16 heteroatoms. The third-order valence-electron chi connectivity index (χ3n) is 14.3. The lowest BCUT2D eigenvalue weighted by atomic mass is 10.0. The van der Waals surface area contributed by atoms with Crippen LogP contribution in [0, 0.1) is 5.82 Å². The maximum atomic E-state index is 15.3. The first-order valence-electron chi connectivity index (χ1n) is 22.5. The zero-order valence-corrected chi connectivity index (χ0v) is 35.7. The van der Waals surface area contributed by atoms with Crippen LogP contribution in [0.1, 0.15) is 56.9 Å². The molecule has 4 amide bonds. The van der Waals surface area contributed by atoms with E-state index >= 15 is 4.39 Å². The highest BCUT2D eigenvalue weighted by Gasteiger charge is 2.42. The number of nitrogens with zero attached hydrogens (tertiary/aromatic N) is 8. The molecule has 5 fully saturated rings. The highest BCUT2D eigenvalue weighted by Crippen LogP contribution is 2.42. The molecule has 3 aromatic carbocycles. The standard InChI is InChI=1S/C47H55FN10O5/c1-53(30-13-18-54(19-14-30)39-6-4-7-40-37(39)17-22-57(40)41-11-12-44(60)50-46(41)61)47(62)55-20-15-34(16-21-55)63-35-24-29(48)23-33(25-35)58-31-9-10-32(58)28-56(27-31)42-26-38(51-52-45(42)49)36-5-2-3-8-43(36)59/h2-8,23-26,30-32,34,41,59H,9-22,27-28H2,1H3,(H2,49,52)(H,50,60,61)/t31-,32+,41-/m1/s1. The van der Waals surface area contributed by atoms with Gasteiger partial charge in [0.05, 0.1) is 11.4 Å². The fraction of sp³-hybridized carbons (Fsp3) is 0.468. The quantitative estimate of drug-likeness (QED) is 0.200. The number of hydrogen-bond acceptors (Lipinski definition) is 12. The molecule has 3 atom stereocenters. The number of aromatic nitrogens is 2. The number of amides is 4. The third kappa shape index (κ3) is 7.88. The molecule has 4 N–H and O–H groups in total. The monoisotopic (exact) mass is 858 g/mol. The summed E-state index contributed by atoms with van der Waals surface area (Å²) in [5.74, 6) is 0.212. The van der Waals surface area contributed by atoms with Crippen LogP contribution in [0.4, 0.5) is 37.8 Å². The molecule has 1 aromatic heterocycles. The summed E-state index contributed by atoms with van der Waals surface area (Å²) in [6, 6.07) is 20.4. The van der Waals surface area contributed by atoms with E-state index in [2.05, 4.69) is 53.3 Å². The van der Waals surface area contributed by atoms with E-state index in [0.29, 0.717) is 74.7 Å². The predicted octanol–water partition coefficient (Wildman–Crippen LogP) is 5.16. The molecule has 0 radical (unpaired) electrons. The average molecular weight is 859 g/mol. The van der Waals surface area contributed by atoms with Crippen LogP contribution in [0.15, 0.2) is 66.7 Å². The number of nitrogens with one attached hydrogen (secondary N) is 1. The van der Waals surface area contributed by atoms with Crippen LogP contribution < -0.4 is 35.4 Å². The minimum Gasteiger partial charge on any atom is -0.507 e. The van der Waals surface area contributed by atoms with E-state index < -0.39 is 0 Å². The molecule has 10 rings (SSSR count). The molecule has 0 unspecified atom stereocenters. The van der Waals surface area contributed by atoms with Gasteiger partial charge in [-0.05, 0) is 74.9 Å². The van der Waals surface area contributed by atoms with Gasteiger partial charge in [-0.15, -0.1) is 10.2 Å². The SMILES string of the molecule is CN(C(=O)N1CCC(Oc2cc(F)cc(N3[C@@H]4CC[C@H]3CN(c3cc(-c5ccccc5O)nnc3N)C4)c2)CC1)C1CCN(c2cccc3c2CCN3[C@@H]2CCC(=O)NC2=O)CC1. The van der Waals surface area contributed by atoms with Gasteiger partial charge in [-0.3, -0.25) is 14.9 Å². The maximum absolute atomic E-state index is 15.3. The minimum atomic E-state index is -0.342. The maximum Gasteiger partial charge on any atom is 0.319 e. The number of benzene rings is 3. The molecular weight excluding hydrogens is 804 g/mol. The lowest BCUT2D eigenvalue weighted by molar-refractivity contribution is -0.134. The van der Waals surface area contributed by atoms with Crippen molar-refractivity contribution in [1.82, 2.24) is 25.3 Å². The number of halogens is 1. The number of piperazine rings is 1. The van der Waals surface area contributed by atoms with Gasteiger partial charge in [0.1, 0.15) is 29.5 Å². The van der Waals surface area contributed by atoms with Gasteiger partial charge >= 0.3 is 6.03 Å². The molecule has 15 nitrogen and oxygen atoms in total. The predicted molar refractivity (Wildman–Crippen MR) is 239 cm³/mol. The number of para-hydroxylation sites is 1. The van der Waals surface area contributed by atoms with Crippen LogP contribution in [-0.2, 0) is 16.0 Å². The number of likely N-dealkylation sites (tertiary alicyclic amines) is 1. The number of phenols is 1. The van der Waals surface area contributed by atoms with Gasteiger partial charge < -0.3 is 45.0 Å². The first kappa shape index (κ1) is 40.7. The Morgan fingerprint density at radius 3 is 2.32 bits per heavy atom. The van der Waals surface area contributed by atoms with Crippen molar-refractivity contribution in [2.75, 3.05) is 78.2 Å². The zero-order valence-electron chi connectivity index (χ0n) is 35.7. The number of piperidine rings is 3. The second-order valence-corrected chi connectivity index (χ2v) is 18.0. The molecule has 330 valence electrons. The smallest absolute Gasteiger partial charge is 0.319 e. The number of anilines is 5. The number of hydrogen-bond donors (Lipinski definition) is 3. The first-order valence-corrected chi connectivity index (χ1v) is 22.5. The molecule has 0 spiro atoms. The Balaban J connectivity index is 0.722. The van der Waals surface area contributed by atoms with Crippen LogP contribution in [0.2, 0.25) is 0 Å². The number of ether oxygens (including phenoxy) is 1. The molecule has 0 saturated carbocycles. The molecule has 7 heterocycles. The van der Waals surface area contributed by atoms with Crippen molar-refractivity contribution in [3.05, 3.63) is 78.1 Å². The highest BCUT2D eigenvalue weighted by molar-refractivity contribution is 6.02. The van der Waals surface area contributed by atoms with Gasteiger partial charge in [-0.2, -0.15) is 0 Å². The molecular formula is C47H55FN10O5. The second kappa shape index (κ2) is 16.8. The van der Waals surface area contributed by atoms with Crippen LogP contribution >= 0.6 is 0 Å². The van der Waals surface area contributed by atoms with Crippen molar-refractivity contribution in [1.29, 1.82) is 0 Å². The van der Waals surface area contributed by atoms with Crippen LogP contribution in [0.5, 0.6) is 11.5 Å². The Bertz CT molecular complexity index is 2390. The highest BCUT2D eigenvalue weighted by atomic mass is 19.1. The minimum absolute atomic E-state index is 0.0359. The van der Waals surface area contributed by atoms with Crippen molar-refractivity contribution in [3.63, 3.8) is 0 Å². The number of aromatic hydroxyl groups is 1. The molecule has 2 bridgehead atoms. The summed E-state index contributed by atoms with van der Waals surface area (Å²) in [7, 11) is 1.92. The Labute approximate surface area is 366 Å². The summed E-state index contributed by atoms with van der Waals surface area (Å²) >= 11 is 0. The number of nitrogen functional groups attached to an aromatic ring is 1. The number of fused-ring (bicyclic) bond motifs is 3. The molecule has 0 aliphatic carbocycles. The van der Waals surface area contributed by atoms with Crippen molar-refractivity contribution in [3.8, 4) is 22.8 Å². The summed E-state index contributed by atoms with van der Waals surface area (Å²) in [5.41, 5.74) is 12.6. The molecule has 4 aromatic rings. The number of nitrogens with two attached hydrogens (primary N) is 1. The van der Waals surface area contributed by atoms with Crippen molar-refractivity contribution >= 4 is 46.4 Å². The summed E-state index contributed by atoms with van der Waals surface area (Å²) < 4.78 is 21.8. The fourth-order valence-electron chi connectivity index (χ4n) is 11.0. The van der Waals surface area contributed by atoms with Crippen molar-refractivity contribution in [2.24, 2.45) is 0 Å². The molecule has 63 heavy (non-hydrogen) atoms. The van der Waals surface area contributed by atoms with Gasteiger partial charge in [0.2, 0.25) is 11.8 Å². The lowest BCUT2D eigenvalue weighted by Gasteiger charge is -2.43. The number of phenolic OH excluding ortho intramolecular Hbond substituents is 1. The van der Waals surface area contributed by atoms with E-state index in [9.17, 15) is 19.5 Å². The summed E-state index contributed by atoms with van der Waals surface area (Å²) in [5, 5.41) is 21.4. The third-order valence-corrected chi connectivity index (χ3v) is 14.3. The van der Waals surface area contributed by atoms with E-state index in [0.717, 1.165) is 68.8 Å². The number of imide groups is 1. The van der Waals surface area contributed by atoms with Gasteiger partial charge in [-0.1, -0.05) is 18.2 Å². The van der Waals surface area contributed by atoms with Crippen molar-refractivity contribution < 1.29 is 28.6 Å². The average Bonchev–Trinajstić information content (AvgIpc) is 3.84. The zero-order chi connectivity index (χ0) is 43.4. The Kier molecular flexibility index (Phi) is 10.8. The largest absolute Gasteiger partial charge is 0.507 e. The normalized spacial score (nSPS) is 23.0. The van der Waals surface area contributed by atoms with E-state index in [1.54, 1.807) is 24.3 Å². The van der Waals surface area contributed by atoms with Gasteiger partial charge in [0.25, 0.3) is 0 Å². The Morgan fingerprint density at radius 1 is 0.825 bits per heavy atom. The van der Waals surface area contributed by atoms with E-state index in [1.165, 1.54) is 17.3 Å². The number of carbonyl (C=O) groups is 3.